The number of unbranched alkanes of at least 4 members (excludes halogenated alkanes) is 11. The van der Waals surface area contributed by atoms with Crippen LogP contribution in [0.2, 0.25) is 0 Å². The van der Waals surface area contributed by atoms with Crippen LogP contribution in [-0.4, -0.2) is 96.0 Å². The van der Waals surface area contributed by atoms with E-state index in [0.29, 0.717) is 12.8 Å². The number of allylic oxidation sites excluding steroid dienone is 15. The predicted octanol–water partition coefficient (Wildman–Crippen LogP) is 9.44. The van der Waals surface area contributed by atoms with Crippen molar-refractivity contribution in [3.8, 4) is 0 Å². The van der Waals surface area contributed by atoms with Gasteiger partial charge in [-0.1, -0.05) is 169 Å². The van der Waals surface area contributed by atoms with Crippen LogP contribution >= 0.6 is 0 Å². The van der Waals surface area contributed by atoms with Crippen LogP contribution in [0.3, 0.4) is 0 Å². The van der Waals surface area contributed by atoms with Crippen LogP contribution in [0.15, 0.2) is 97.2 Å². The molecular weight excluding hydrogens is 813 g/mol. The van der Waals surface area contributed by atoms with Crippen molar-refractivity contribution < 1.29 is 56.8 Å². The molecule has 6 atom stereocenters. The Hall–Kier alpha value is -3.43. The van der Waals surface area contributed by atoms with E-state index in [9.17, 15) is 37.9 Å². The molecule has 0 saturated carbocycles. The van der Waals surface area contributed by atoms with Gasteiger partial charge < -0.3 is 34.3 Å². The molecule has 1 heterocycles. The van der Waals surface area contributed by atoms with Gasteiger partial charge in [0.25, 0.3) is 10.1 Å². The summed E-state index contributed by atoms with van der Waals surface area (Å²) in [7, 11) is -4.63. The van der Waals surface area contributed by atoms with Gasteiger partial charge in [0, 0.05) is 12.5 Å². The number of ether oxygens (including phenoxy) is 4. The number of carbonyl (C=O) groups excluding carboxylic acids is 2. The average molecular weight is 891 g/mol. The van der Waals surface area contributed by atoms with Gasteiger partial charge in [-0.25, -0.2) is 4.79 Å². The molecule has 0 aromatic carbocycles. The lowest BCUT2D eigenvalue weighted by molar-refractivity contribution is -0.297. The van der Waals surface area contributed by atoms with E-state index in [4.69, 9.17) is 18.9 Å². The van der Waals surface area contributed by atoms with Crippen LogP contribution in [0.1, 0.15) is 142 Å². The van der Waals surface area contributed by atoms with Gasteiger partial charge in [-0.15, -0.1) is 0 Å². The largest absolute Gasteiger partial charge is 0.462 e. The number of rotatable bonds is 36. The Morgan fingerprint density at radius 1 is 0.613 bits per heavy atom. The fourth-order valence-corrected chi connectivity index (χ4v) is 6.95. The van der Waals surface area contributed by atoms with Gasteiger partial charge in [0.2, 0.25) is 0 Å². The summed E-state index contributed by atoms with van der Waals surface area (Å²) < 4.78 is 53.8. The lowest BCUT2D eigenvalue weighted by Gasteiger charge is -2.40. The lowest BCUT2D eigenvalue weighted by Crippen LogP contribution is -2.60. The van der Waals surface area contributed by atoms with Crippen LogP contribution in [0.25, 0.3) is 0 Å². The van der Waals surface area contributed by atoms with Gasteiger partial charge >= 0.3 is 11.9 Å². The molecule has 0 radical (unpaired) electrons. The fourth-order valence-electron chi connectivity index (χ4n) is 6.26. The van der Waals surface area contributed by atoms with Crippen molar-refractivity contribution in [1.29, 1.82) is 0 Å². The molecule has 62 heavy (non-hydrogen) atoms. The van der Waals surface area contributed by atoms with Crippen LogP contribution < -0.4 is 0 Å². The maximum absolute atomic E-state index is 12.7. The molecule has 12 nitrogen and oxygen atoms in total. The Morgan fingerprint density at radius 3 is 1.66 bits per heavy atom. The van der Waals surface area contributed by atoms with Crippen molar-refractivity contribution in [3.05, 3.63) is 97.2 Å². The Kier molecular flexibility index (Phi) is 34.7. The third kappa shape index (κ3) is 32.3. The second kappa shape index (κ2) is 38.1. The van der Waals surface area contributed by atoms with E-state index in [1.165, 1.54) is 63.9 Å². The van der Waals surface area contributed by atoms with Gasteiger partial charge in [0.15, 0.2) is 12.4 Å². The van der Waals surface area contributed by atoms with Gasteiger partial charge in [-0.05, 0) is 57.8 Å². The monoisotopic (exact) mass is 891 g/mol. The van der Waals surface area contributed by atoms with Crippen molar-refractivity contribution >= 4 is 22.1 Å². The van der Waals surface area contributed by atoms with Crippen LogP contribution in [0.5, 0.6) is 0 Å². The van der Waals surface area contributed by atoms with Gasteiger partial charge in [-0.2, -0.15) is 8.42 Å². The standard InChI is InChI=1S/C49H78O12S/c1-3-5-7-9-11-13-15-17-19-20-21-22-24-25-27-29-31-33-35-37-44(50)58-39-42(40-59-49-48(54)47(53)46(52)43(61-49)41-62(55,56)57)60-45(51)38-36-34-32-30-28-26-23-18-16-14-12-10-8-6-4-2/h5,7,11,13,17,19,21-22,25,27,31-34,36,38,42-43,46-49,52-54H,3-4,6,8-10,12,14-16,18,20,23-24,26,28-30,35,37,39-41H2,1-2H3,(H,55,56,57)/b7-5+,13-11+,19-17+,22-21+,27-25+,33-31+,34-32+,38-36+/t42-,43-,46-,47?,48?,49+/m1/s1. The second-order valence-electron chi connectivity index (χ2n) is 15.4. The van der Waals surface area contributed by atoms with E-state index in [0.717, 1.165) is 51.4 Å². The maximum Gasteiger partial charge on any atom is 0.331 e. The zero-order chi connectivity index (χ0) is 45.5. The molecule has 1 aliphatic rings. The van der Waals surface area contributed by atoms with E-state index in [1.807, 2.05) is 24.3 Å². The second-order valence-corrected chi connectivity index (χ2v) is 16.9. The Bertz CT molecular complexity index is 1510. The first-order chi connectivity index (χ1) is 30.0. The minimum absolute atomic E-state index is 0.0688. The van der Waals surface area contributed by atoms with Crippen LogP contribution in [-0.2, 0) is 38.7 Å². The first kappa shape index (κ1) is 56.6. The van der Waals surface area contributed by atoms with E-state index in [-0.39, 0.29) is 6.42 Å². The van der Waals surface area contributed by atoms with Gasteiger partial charge in [-0.3, -0.25) is 9.35 Å². The zero-order valence-corrected chi connectivity index (χ0v) is 38.2. The van der Waals surface area contributed by atoms with Crippen molar-refractivity contribution in [1.82, 2.24) is 0 Å². The molecule has 0 spiro atoms. The van der Waals surface area contributed by atoms with Crippen molar-refractivity contribution in [3.63, 3.8) is 0 Å². The third-order valence-corrected chi connectivity index (χ3v) is 10.5. The molecule has 0 aliphatic carbocycles. The van der Waals surface area contributed by atoms with E-state index in [1.54, 1.807) is 12.2 Å². The number of aliphatic hydroxyl groups is 3. The molecule has 0 amide bonds. The molecule has 2 unspecified atom stereocenters. The third-order valence-electron chi connectivity index (χ3n) is 9.77. The summed E-state index contributed by atoms with van der Waals surface area (Å²) >= 11 is 0. The van der Waals surface area contributed by atoms with Gasteiger partial charge in [0.1, 0.15) is 36.8 Å². The maximum atomic E-state index is 12.7. The Balaban J connectivity index is 2.55. The molecule has 352 valence electrons. The summed E-state index contributed by atoms with van der Waals surface area (Å²) in [5.41, 5.74) is 0. The summed E-state index contributed by atoms with van der Waals surface area (Å²) in [6.07, 6.45) is 42.4. The first-order valence-corrected chi connectivity index (χ1v) is 24.4. The van der Waals surface area contributed by atoms with Crippen molar-refractivity contribution in [2.75, 3.05) is 19.0 Å². The summed E-state index contributed by atoms with van der Waals surface area (Å²) in [4.78, 5) is 25.3. The zero-order valence-electron chi connectivity index (χ0n) is 37.4. The number of esters is 2. The molecule has 0 bridgehead atoms. The molecule has 0 aromatic rings. The SMILES string of the molecule is CC/C=C/C/C=C/C/C=C/C/C=C/C/C=C/C/C=C/CCC(=O)OC[C@H](CO[C@H]1O[C@H](CS(=O)(=O)O)[C@@H](O)C(O)C1O)OC(=O)/C=C/C=C/CCCCCCCCCCCCC. The summed E-state index contributed by atoms with van der Waals surface area (Å²) in [5, 5.41) is 30.8. The smallest absolute Gasteiger partial charge is 0.331 e. The minimum Gasteiger partial charge on any atom is -0.462 e. The number of aliphatic hydroxyl groups excluding tert-OH is 3. The normalized spacial score (nSPS) is 20.8. The molecule has 1 saturated heterocycles. The van der Waals surface area contributed by atoms with Crippen LogP contribution in [0, 0.1) is 0 Å². The van der Waals surface area contributed by atoms with Gasteiger partial charge in [0.05, 0.1) is 6.61 Å². The van der Waals surface area contributed by atoms with Crippen molar-refractivity contribution in [2.24, 2.45) is 0 Å². The number of carbonyl (C=O) groups is 2. The summed E-state index contributed by atoms with van der Waals surface area (Å²) in [6.45, 7) is 3.47. The Labute approximate surface area is 373 Å². The molecule has 1 rings (SSSR count). The molecule has 0 aromatic heterocycles. The highest BCUT2D eigenvalue weighted by atomic mass is 32.2. The average Bonchev–Trinajstić information content (AvgIpc) is 3.24. The quantitative estimate of drug-likeness (QED) is 0.0117. The number of hydrogen-bond donors (Lipinski definition) is 4. The molecule has 13 heteroatoms. The fraction of sp³-hybridized carbons (Fsp3) is 0.633. The van der Waals surface area contributed by atoms with E-state index in [2.05, 4.69) is 68.5 Å². The Morgan fingerprint density at radius 2 is 1.13 bits per heavy atom. The molecule has 4 N–H and O–H groups in total. The summed E-state index contributed by atoms with van der Waals surface area (Å²) in [5.74, 6) is -2.37. The highest BCUT2D eigenvalue weighted by Gasteiger charge is 2.46. The lowest BCUT2D eigenvalue weighted by atomic mass is 10.00. The topological polar surface area (TPSA) is 186 Å². The predicted molar refractivity (Wildman–Crippen MR) is 247 cm³/mol. The van der Waals surface area contributed by atoms with E-state index < -0.39 is 77.8 Å². The minimum atomic E-state index is -4.63. The van der Waals surface area contributed by atoms with Crippen LogP contribution in [0.4, 0.5) is 0 Å². The first-order valence-electron chi connectivity index (χ1n) is 22.8. The van der Waals surface area contributed by atoms with Crippen molar-refractivity contribution in [2.45, 2.75) is 179 Å². The molecule has 1 aliphatic heterocycles. The molecule has 1 fully saturated rings. The highest BCUT2D eigenvalue weighted by Crippen LogP contribution is 2.23. The summed E-state index contributed by atoms with van der Waals surface area (Å²) in [6, 6.07) is 0. The highest BCUT2D eigenvalue weighted by molar-refractivity contribution is 7.85. The molecular formula is C49H78O12S. The van der Waals surface area contributed by atoms with E-state index >= 15 is 0 Å². The number of hydrogen-bond acceptors (Lipinski definition) is 11.